The molecule has 1 aromatic carbocycles. The lowest BCUT2D eigenvalue weighted by Gasteiger charge is -2.26. The van der Waals surface area contributed by atoms with Gasteiger partial charge in [-0.05, 0) is 43.1 Å². The van der Waals surface area contributed by atoms with Gasteiger partial charge in [-0.3, -0.25) is 0 Å². The van der Waals surface area contributed by atoms with Crippen LogP contribution in [0.25, 0.3) is 0 Å². The number of carbonyl (C=O) groups is 1. The molecule has 22 heavy (non-hydrogen) atoms. The van der Waals surface area contributed by atoms with Gasteiger partial charge in [-0.1, -0.05) is 23.9 Å². The number of ether oxygens (including phenoxy) is 3. The van der Waals surface area contributed by atoms with Gasteiger partial charge in [-0.2, -0.15) is 8.78 Å². The largest absolute Gasteiger partial charge is 0.497 e. The van der Waals surface area contributed by atoms with Crippen LogP contribution in [0.4, 0.5) is 8.78 Å². The van der Waals surface area contributed by atoms with Crippen LogP contribution in [-0.2, 0) is 14.3 Å². The molecular weight excluding hydrogens is 334 g/mol. The van der Waals surface area contributed by atoms with Crippen LogP contribution in [0.2, 0.25) is 0 Å². The summed E-state index contributed by atoms with van der Waals surface area (Å²) in [7, 11) is 1.46. The Morgan fingerprint density at radius 1 is 1.36 bits per heavy atom. The summed E-state index contributed by atoms with van der Waals surface area (Å²) in [5.41, 5.74) is 0.0928. The van der Waals surface area contributed by atoms with E-state index < -0.39 is 18.0 Å². The monoisotopic (exact) mass is 350 g/mol. The molecule has 0 fully saturated rings. The number of halogens is 2. The van der Waals surface area contributed by atoms with Crippen LogP contribution in [0.1, 0.15) is 18.6 Å². The molecule has 0 spiro atoms. The number of rotatable bonds is 6. The molecule has 0 saturated carbocycles. The van der Waals surface area contributed by atoms with E-state index in [1.807, 2.05) is 0 Å². The first-order valence-electron chi connectivity index (χ1n) is 6.30. The molecule has 1 unspecified atom stereocenters. The van der Waals surface area contributed by atoms with E-state index in [2.05, 4.69) is 4.74 Å². The van der Waals surface area contributed by atoms with Crippen LogP contribution in [0.5, 0.6) is 5.75 Å². The number of carbonyl (C=O) groups excluding carboxylic acids is 1. The van der Waals surface area contributed by atoms with Gasteiger partial charge in [0.15, 0.2) is 6.10 Å². The fourth-order valence-corrected chi connectivity index (χ4v) is 1.90. The van der Waals surface area contributed by atoms with E-state index in [0.29, 0.717) is 5.75 Å². The van der Waals surface area contributed by atoms with Gasteiger partial charge in [0.05, 0.1) is 13.7 Å². The molecular formula is C14H16F2O4S2. The second-order valence-electron chi connectivity index (χ2n) is 4.07. The van der Waals surface area contributed by atoms with Crippen molar-refractivity contribution in [3.8, 4) is 5.75 Å². The minimum Gasteiger partial charge on any atom is -0.497 e. The zero-order chi connectivity index (χ0) is 16.8. The third kappa shape index (κ3) is 4.54. The Hall–Kier alpha value is -1.41. The summed E-state index contributed by atoms with van der Waals surface area (Å²) in [4.78, 5) is 11.5. The SMILES string of the molecule is CCOC(=O)C(F)(F)C(OC(=S)SC)c1ccc(OC)cc1. The van der Waals surface area contributed by atoms with Crippen molar-refractivity contribution < 1.29 is 27.8 Å². The van der Waals surface area contributed by atoms with E-state index in [1.54, 1.807) is 6.26 Å². The van der Waals surface area contributed by atoms with Crippen LogP contribution >= 0.6 is 24.0 Å². The minimum atomic E-state index is -3.87. The molecule has 0 aliphatic heterocycles. The molecule has 0 N–H and O–H groups in total. The highest BCUT2D eigenvalue weighted by Gasteiger charge is 2.52. The Kier molecular flexibility index (Phi) is 7.02. The molecule has 0 radical (unpaired) electrons. The predicted octanol–water partition coefficient (Wildman–Crippen LogP) is 3.60. The number of hydrogen-bond acceptors (Lipinski definition) is 6. The predicted molar refractivity (Wildman–Crippen MR) is 84.5 cm³/mol. The molecule has 1 rings (SSSR count). The lowest BCUT2D eigenvalue weighted by atomic mass is 10.0. The lowest BCUT2D eigenvalue weighted by Crippen LogP contribution is -2.39. The highest BCUT2D eigenvalue weighted by Crippen LogP contribution is 2.37. The van der Waals surface area contributed by atoms with Crippen molar-refractivity contribution in [2.75, 3.05) is 20.0 Å². The summed E-state index contributed by atoms with van der Waals surface area (Å²) in [5.74, 6) is -5.03. The number of thiocarbonyl (C=S) groups is 1. The van der Waals surface area contributed by atoms with Crippen LogP contribution < -0.4 is 4.74 Å². The van der Waals surface area contributed by atoms with Crippen molar-refractivity contribution in [3.63, 3.8) is 0 Å². The molecule has 0 aliphatic rings. The van der Waals surface area contributed by atoms with Gasteiger partial charge < -0.3 is 14.2 Å². The summed E-state index contributed by atoms with van der Waals surface area (Å²) in [6, 6.07) is 5.77. The second-order valence-corrected chi connectivity index (χ2v) is 5.48. The lowest BCUT2D eigenvalue weighted by molar-refractivity contribution is -0.187. The number of methoxy groups -OCH3 is 1. The molecule has 0 saturated heterocycles. The quantitative estimate of drug-likeness (QED) is 0.577. The Labute approximate surface area is 137 Å². The molecule has 4 nitrogen and oxygen atoms in total. The molecule has 0 aromatic heterocycles. The second kappa shape index (κ2) is 8.28. The zero-order valence-electron chi connectivity index (χ0n) is 12.3. The average Bonchev–Trinajstić information content (AvgIpc) is 2.52. The molecule has 0 aliphatic carbocycles. The summed E-state index contributed by atoms with van der Waals surface area (Å²) in [5, 5.41) is 0. The maximum atomic E-state index is 14.3. The van der Waals surface area contributed by atoms with Crippen molar-refractivity contribution in [2.45, 2.75) is 19.0 Å². The topological polar surface area (TPSA) is 44.8 Å². The Morgan fingerprint density at radius 3 is 2.41 bits per heavy atom. The molecule has 8 heteroatoms. The molecule has 122 valence electrons. The van der Waals surface area contributed by atoms with Gasteiger partial charge in [0, 0.05) is 0 Å². The number of thioether (sulfide) groups is 1. The van der Waals surface area contributed by atoms with Gasteiger partial charge in [0.25, 0.3) is 0 Å². The van der Waals surface area contributed by atoms with Crippen LogP contribution in [0.15, 0.2) is 24.3 Å². The fraction of sp³-hybridized carbons (Fsp3) is 0.429. The number of benzene rings is 1. The molecule has 1 atom stereocenters. The van der Waals surface area contributed by atoms with E-state index in [1.165, 1.54) is 38.3 Å². The Balaban J connectivity index is 3.15. The van der Waals surface area contributed by atoms with Crippen molar-refractivity contribution >= 4 is 34.3 Å². The highest BCUT2D eigenvalue weighted by molar-refractivity contribution is 8.22. The van der Waals surface area contributed by atoms with Crippen molar-refractivity contribution in [2.24, 2.45) is 0 Å². The maximum absolute atomic E-state index is 14.3. The normalized spacial score (nSPS) is 12.4. The third-order valence-electron chi connectivity index (χ3n) is 2.68. The smallest absolute Gasteiger partial charge is 0.382 e. The first-order chi connectivity index (χ1) is 10.4. The van der Waals surface area contributed by atoms with E-state index in [-0.39, 0.29) is 16.6 Å². The minimum absolute atomic E-state index is 0.0928. The number of alkyl halides is 2. The van der Waals surface area contributed by atoms with Crippen LogP contribution in [0, 0.1) is 0 Å². The van der Waals surface area contributed by atoms with Gasteiger partial charge >= 0.3 is 11.9 Å². The Morgan fingerprint density at radius 2 is 1.95 bits per heavy atom. The molecule has 0 amide bonds. The van der Waals surface area contributed by atoms with Gasteiger partial charge in [0.2, 0.25) is 4.38 Å². The van der Waals surface area contributed by atoms with E-state index in [0.717, 1.165) is 11.8 Å². The van der Waals surface area contributed by atoms with Gasteiger partial charge in [-0.15, -0.1) is 0 Å². The Bertz CT molecular complexity index is 520. The van der Waals surface area contributed by atoms with Crippen LogP contribution in [-0.4, -0.2) is 36.2 Å². The summed E-state index contributed by atoms with van der Waals surface area (Å²) in [6.07, 6.45) is -0.270. The van der Waals surface area contributed by atoms with E-state index in [4.69, 9.17) is 21.7 Å². The van der Waals surface area contributed by atoms with E-state index >= 15 is 0 Å². The van der Waals surface area contributed by atoms with Crippen LogP contribution in [0.3, 0.4) is 0 Å². The van der Waals surface area contributed by atoms with Gasteiger partial charge in [0.1, 0.15) is 5.75 Å². The highest BCUT2D eigenvalue weighted by atomic mass is 32.2. The summed E-state index contributed by atoms with van der Waals surface area (Å²) >= 11 is 5.83. The molecule has 0 bridgehead atoms. The van der Waals surface area contributed by atoms with Crippen molar-refractivity contribution in [1.82, 2.24) is 0 Å². The average molecular weight is 350 g/mol. The number of hydrogen-bond donors (Lipinski definition) is 0. The first kappa shape index (κ1) is 18.6. The standard InChI is InChI=1S/C14H16F2O4S2/c1-4-19-12(17)14(15,16)11(20-13(21)22-3)9-5-7-10(18-2)8-6-9/h5-8,11H,4H2,1-3H3. The summed E-state index contributed by atoms with van der Waals surface area (Å²) < 4.78 is 43.1. The van der Waals surface area contributed by atoms with Crippen molar-refractivity contribution in [3.05, 3.63) is 29.8 Å². The third-order valence-corrected chi connectivity index (χ3v) is 3.70. The van der Waals surface area contributed by atoms with E-state index in [9.17, 15) is 13.6 Å². The zero-order valence-corrected chi connectivity index (χ0v) is 13.9. The molecule has 0 heterocycles. The molecule has 1 aromatic rings. The van der Waals surface area contributed by atoms with Crippen molar-refractivity contribution in [1.29, 1.82) is 0 Å². The maximum Gasteiger partial charge on any atom is 0.382 e. The fourth-order valence-electron chi connectivity index (χ4n) is 1.61. The summed E-state index contributed by atoms with van der Waals surface area (Å²) in [6.45, 7) is 1.29. The van der Waals surface area contributed by atoms with Gasteiger partial charge in [-0.25, -0.2) is 4.79 Å². The number of esters is 1. The first-order valence-corrected chi connectivity index (χ1v) is 7.93.